The van der Waals surface area contributed by atoms with Crippen molar-refractivity contribution in [3.63, 3.8) is 0 Å². The van der Waals surface area contributed by atoms with Crippen molar-refractivity contribution in [2.45, 2.75) is 0 Å². The summed E-state index contributed by atoms with van der Waals surface area (Å²) in [7, 11) is 0. The second-order valence-electron chi connectivity index (χ2n) is 2.91. The zero-order valence-electron chi connectivity index (χ0n) is 8.63. The Morgan fingerprint density at radius 3 is 1.27 bits per heavy atom. The Balaban J connectivity index is 0.000000337. The molecule has 1 nitrogen and oxygen atoms in total. The van der Waals surface area contributed by atoms with E-state index in [0.717, 1.165) is 12.0 Å². The van der Waals surface area contributed by atoms with Crippen LogP contribution in [0, 0.1) is 0 Å². The highest BCUT2D eigenvalue weighted by Gasteiger charge is 1.91. The molecule has 15 heavy (non-hydrogen) atoms. The van der Waals surface area contributed by atoms with Crippen LogP contribution in [0.1, 0.15) is 0 Å². The van der Waals surface area contributed by atoms with Crippen LogP contribution in [0.15, 0.2) is 60.7 Å². The van der Waals surface area contributed by atoms with E-state index in [1.807, 2.05) is 12.1 Å². The third-order valence-electron chi connectivity index (χ3n) is 1.88. The number of hydrogen-bond acceptors (Lipinski definition) is 2. The second kappa shape index (κ2) is 7.10. The molecule has 0 aliphatic heterocycles. The van der Waals surface area contributed by atoms with Gasteiger partial charge in [-0.2, -0.15) is 0 Å². The normalized spacial score (nSPS) is 8.93. The first-order valence-electron chi connectivity index (χ1n) is 4.66. The van der Waals surface area contributed by atoms with E-state index >= 15 is 0 Å². The van der Waals surface area contributed by atoms with Gasteiger partial charge in [-0.1, -0.05) is 60.7 Å². The predicted octanol–water partition coefficient (Wildman–Crippen LogP) is 4.18. The van der Waals surface area contributed by atoms with Gasteiger partial charge in [0.1, 0.15) is 0 Å². The summed E-state index contributed by atoms with van der Waals surface area (Å²) in [6, 6.07) is 20.8. The van der Waals surface area contributed by atoms with E-state index in [4.69, 9.17) is 4.55 Å². The molecular weight excluding hydrogens is 204 g/mol. The lowest BCUT2D eigenvalue weighted by Crippen LogP contribution is -1.73. The predicted molar refractivity (Wildman–Crippen MR) is 68.0 cm³/mol. The van der Waals surface area contributed by atoms with Crippen LogP contribution in [0.5, 0.6) is 0 Å². The summed E-state index contributed by atoms with van der Waals surface area (Å²) in [4.78, 5) is 0. The molecule has 0 atom stereocenters. The molecule has 0 radical (unpaired) electrons. The Morgan fingerprint density at radius 2 is 1.00 bits per heavy atom. The first-order valence-corrected chi connectivity index (χ1v) is 5.84. The van der Waals surface area contributed by atoms with Gasteiger partial charge in [0, 0.05) is 6.26 Å². The molecule has 0 heterocycles. The maximum atomic E-state index is 7.49. The van der Waals surface area contributed by atoms with Gasteiger partial charge in [-0.3, -0.25) is 0 Å². The van der Waals surface area contributed by atoms with E-state index in [1.165, 1.54) is 11.1 Å². The van der Waals surface area contributed by atoms with Gasteiger partial charge < -0.3 is 4.55 Å². The summed E-state index contributed by atoms with van der Waals surface area (Å²) in [6.45, 7) is 0. The average molecular weight is 218 g/mol. The molecule has 0 aliphatic rings. The molecule has 0 unspecified atom stereocenters. The van der Waals surface area contributed by atoms with E-state index in [0.29, 0.717) is 0 Å². The van der Waals surface area contributed by atoms with E-state index in [9.17, 15) is 0 Å². The van der Waals surface area contributed by atoms with Crippen molar-refractivity contribution >= 4 is 12.0 Å². The van der Waals surface area contributed by atoms with Gasteiger partial charge in [-0.25, -0.2) is 0 Å². The summed E-state index contributed by atoms with van der Waals surface area (Å²) in [6.07, 6.45) is 1.60. The van der Waals surface area contributed by atoms with E-state index in [1.54, 1.807) is 6.26 Å². The van der Waals surface area contributed by atoms with Crippen LogP contribution in [0.2, 0.25) is 0 Å². The summed E-state index contributed by atoms with van der Waals surface area (Å²) < 4.78 is 7.49. The molecule has 2 rings (SSSR count). The van der Waals surface area contributed by atoms with Crippen LogP contribution >= 0.6 is 12.0 Å². The van der Waals surface area contributed by atoms with Gasteiger partial charge >= 0.3 is 0 Å². The number of hydrogen-bond donors (Lipinski definition) is 1. The molecule has 1 N–H and O–H groups in total. The van der Waals surface area contributed by atoms with Gasteiger partial charge in [-0.05, 0) is 23.2 Å². The van der Waals surface area contributed by atoms with Gasteiger partial charge in [0.15, 0.2) is 0 Å². The van der Waals surface area contributed by atoms with Gasteiger partial charge in [0.2, 0.25) is 0 Å². The molecule has 0 aliphatic carbocycles. The minimum absolute atomic E-state index is 0.750. The maximum Gasteiger partial charge on any atom is 0.00795 e. The van der Waals surface area contributed by atoms with E-state index in [-0.39, 0.29) is 0 Å². The van der Waals surface area contributed by atoms with Crippen molar-refractivity contribution in [2.24, 2.45) is 0 Å². The van der Waals surface area contributed by atoms with Crippen LogP contribution in [-0.4, -0.2) is 10.8 Å². The Bertz CT molecular complexity index is 321. The smallest absolute Gasteiger partial charge is 0.00795 e. The molecular formula is C13H14OS. The molecule has 2 aromatic rings. The second-order valence-corrected chi connectivity index (χ2v) is 3.28. The summed E-state index contributed by atoms with van der Waals surface area (Å²) in [5.74, 6) is 0. The summed E-state index contributed by atoms with van der Waals surface area (Å²) in [5.41, 5.74) is 2.55. The molecule has 0 amide bonds. The Labute approximate surface area is 95.0 Å². The zero-order valence-corrected chi connectivity index (χ0v) is 9.45. The third kappa shape index (κ3) is 4.19. The molecule has 2 aromatic carbocycles. The lowest BCUT2D eigenvalue weighted by Gasteiger charge is -1.98. The standard InChI is InChI=1S/C12H10.CH4OS/c1-3-7-11(8-4-1)12-9-5-2-6-10-12;1-3-2/h1-10H;2H,1H3. The van der Waals surface area contributed by atoms with E-state index in [2.05, 4.69) is 48.5 Å². The Hall–Kier alpha value is -1.25. The van der Waals surface area contributed by atoms with Gasteiger partial charge in [0.05, 0.1) is 0 Å². The minimum Gasteiger partial charge on any atom is -0.330 e. The fraction of sp³-hybridized carbons (Fsp3) is 0.0769. The molecule has 0 aromatic heterocycles. The SMILES string of the molecule is CSO.c1ccc(-c2ccccc2)cc1. The van der Waals surface area contributed by atoms with Crippen molar-refractivity contribution in [3.8, 4) is 11.1 Å². The molecule has 0 spiro atoms. The lowest BCUT2D eigenvalue weighted by atomic mass is 10.1. The molecule has 0 fully saturated rings. The zero-order chi connectivity index (χ0) is 10.9. The first kappa shape index (κ1) is 11.8. The van der Waals surface area contributed by atoms with Crippen molar-refractivity contribution in [3.05, 3.63) is 60.7 Å². The van der Waals surface area contributed by atoms with Crippen molar-refractivity contribution in [1.82, 2.24) is 0 Å². The molecule has 0 saturated heterocycles. The largest absolute Gasteiger partial charge is 0.330 e. The molecule has 0 saturated carbocycles. The highest BCUT2D eigenvalue weighted by Crippen LogP contribution is 2.17. The molecule has 78 valence electrons. The van der Waals surface area contributed by atoms with Crippen LogP contribution in [-0.2, 0) is 0 Å². The molecule has 0 bridgehead atoms. The monoisotopic (exact) mass is 218 g/mol. The van der Waals surface area contributed by atoms with Crippen molar-refractivity contribution in [2.75, 3.05) is 6.26 Å². The third-order valence-corrected chi connectivity index (χ3v) is 1.88. The van der Waals surface area contributed by atoms with Crippen LogP contribution in [0.25, 0.3) is 11.1 Å². The fourth-order valence-electron chi connectivity index (χ4n) is 1.26. The first-order chi connectivity index (χ1) is 7.38. The highest BCUT2D eigenvalue weighted by molar-refractivity contribution is 7.93. The summed E-state index contributed by atoms with van der Waals surface area (Å²) >= 11 is 0.750. The van der Waals surface area contributed by atoms with Crippen molar-refractivity contribution < 1.29 is 4.55 Å². The van der Waals surface area contributed by atoms with Gasteiger partial charge in [0.25, 0.3) is 0 Å². The fourth-order valence-corrected chi connectivity index (χ4v) is 1.26. The Kier molecular flexibility index (Phi) is 5.59. The minimum atomic E-state index is 0.750. The van der Waals surface area contributed by atoms with Crippen molar-refractivity contribution in [1.29, 1.82) is 0 Å². The lowest BCUT2D eigenvalue weighted by molar-refractivity contribution is 0.669. The number of benzene rings is 2. The molecule has 2 heteroatoms. The quantitative estimate of drug-likeness (QED) is 0.725. The highest BCUT2D eigenvalue weighted by atomic mass is 32.2. The number of rotatable bonds is 1. The van der Waals surface area contributed by atoms with E-state index < -0.39 is 0 Å². The van der Waals surface area contributed by atoms with Crippen LogP contribution < -0.4 is 0 Å². The van der Waals surface area contributed by atoms with Gasteiger partial charge in [-0.15, -0.1) is 0 Å². The Morgan fingerprint density at radius 1 is 0.733 bits per heavy atom. The summed E-state index contributed by atoms with van der Waals surface area (Å²) in [5, 5.41) is 0. The van der Waals surface area contributed by atoms with Crippen LogP contribution in [0.3, 0.4) is 0 Å². The average Bonchev–Trinajstić information content (AvgIpc) is 2.32. The topological polar surface area (TPSA) is 20.2 Å². The maximum absolute atomic E-state index is 7.49. The van der Waals surface area contributed by atoms with Crippen LogP contribution in [0.4, 0.5) is 0 Å².